The lowest BCUT2D eigenvalue weighted by Gasteiger charge is -2.21. The monoisotopic (exact) mass is 253 g/mol. The average Bonchev–Trinajstić information content (AvgIpc) is 2.70. The van der Waals surface area contributed by atoms with E-state index in [1.54, 1.807) is 0 Å². The molecule has 1 aliphatic rings. The Kier molecular flexibility index (Phi) is 5.01. The van der Waals surface area contributed by atoms with Crippen molar-refractivity contribution in [2.75, 3.05) is 0 Å². The van der Waals surface area contributed by atoms with Crippen molar-refractivity contribution < 1.29 is 4.74 Å². The fourth-order valence-corrected chi connectivity index (χ4v) is 3.27. The number of thiophene rings is 1. The fourth-order valence-electron chi connectivity index (χ4n) is 2.39. The van der Waals surface area contributed by atoms with Gasteiger partial charge in [-0.15, -0.1) is 11.3 Å². The van der Waals surface area contributed by atoms with Crippen LogP contribution in [0.2, 0.25) is 0 Å². The minimum absolute atomic E-state index is 0.239. The van der Waals surface area contributed by atoms with Crippen molar-refractivity contribution in [3.05, 3.63) is 21.9 Å². The second-order valence-electron chi connectivity index (χ2n) is 4.87. The molecule has 1 aromatic heterocycles. The lowest BCUT2D eigenvalue weighted by molar-refractivity contribution is 0.0208. The number of hydrogen-bond donors (Lipinski definition) is 1. The summed E-state index contributed by atoms with van der Waals surface area (Å²) in [4.78, 5) is 2.77. The maximum atomic E-state index is 6.15. The van der Waals surface area contributed by atoms with E-state index in [0.29, 0.717) is 0 Å². The summed E-state index contributed by atoms with van der Waals surface area (Å²) in [5.74, 6) is 0. The molecule has 2 rings (SSSR count). The molecule has 1 aliphatic carbocycles. The van der Waals surface area contributed by atoms with Crippen LogP contribution >= 0.6 is 11.3 Å². The SMILES string of the molecule is CCc1ccc(COC2CCCCCC2N)s1. The van der Waals surface area contributed by atoms with Crippen LogP contribution < -0.4 is 5.73 Å². The Morgan fingerprint density at radius 2 is 2.00 bits per heavy atom. The highest BCUT2D eigenvalue weighted by molar-refractivity contribution is 7.11. The van der Waals surface area contributed by atoms with Gasteiger partial charge >= 0.3 is 0 Å². The second-order valence-corrected chi connectivity index (χ2v) is 6.13. The first-order chi connectivity index (χ1) is 8.29. The van der Waals surface area contributed by atoms with Gasteiger partial charge in [0.2, 0.25) is 0 Å². The minimum atomic E-state index is 0.239. The highest BCUT2D eigenvalue weighted by atomic mass is 32.1. The van der Waals surface area contributed by atoms with E-state index in [0.717, 1.165) is 25.9 Å². The van der Waals surface area contributed by atoms with Crippen LogP contribution in [-0.2, 0) is 17.8 Å². The van der Waals surface area contributed by atoms with Crippen LogP contribution in [0.15, 0.2) is 12.1 Å². The fraction of sp³-hybridized carbons (Fsp3) is 0.714. The molecule has 0 aliphatic heterocycles. The summed E-state index contributed by atoms with van der Waals surface area (Å²) in [5, 5.41) is 0. The van der Waals surface area contributed by atoms with Gasteiger partial charge in [0.05, 0.1) is 12.7 Å². The van der Waals surface area contributed by atoms with Crippen molar-refractivity contribution in [3.63, 3.8) is 0 Å². The van der Waals surface area contributed by atoms with Crippen molar-refractivity contribution in [3.8, 4) is 0 Å². The summed E-state index contributed by atoms with van der Waals surface area (Å²) in [6, 6.07) is 4.63. The van der Waals surface area contributed by atoms with E-state index in [4.69, 9.17) is 10.5 Å². The van der Waals surface area contributed by atoms with E-state index in [1.165, 1.54) is 29.0 Å². The van der Waals surface area contributed by atoms with Gasteiger partial charge in [-0.05, 0) is 31.4 Å². The highest BCUT2D eigenvalue weighted by Crippen LogP contribution is 2.23. The standard InChI is InChI=1S/C14H23NOS/c1-2-11-8-9-12(17-11)10-16-14-7-5-3-4-6-13(14)15/h8-9,13-14H,2-7,10,15H2,1H3. The summed E-state index contributed by atoms with van der Waals surface area (Å²) in [7, 11) is 0. The van der Waals surface area contributed by atoms with Gasteiger partial charge in [0, 0.05) is 15.8 Å². The van der Waals surface area contributed by atoms with Crippen LogP contribution in [0.1, 0.15) is 48.8 Å². The Labute approximate surface area is 108 Å². The van der Waals surface area contributed by atoms with Gasteiger partial charge in [-0.2, -0.15) is 0 Å². The summed E-state index contributed by atoms with van der Waals surface area (Å²) in [5.41, 5.74) is 6.15. The summed E-state index contributed by atoms with van der Waals surface area (Å²) in [6.07, 6.45) is 7.48. The second kappa shape index (κ2) is 6.53. The summed E-state index contributed by atoms with van der Waals surface area (Å²) >= 11 is 1.86. The quantitative estimate of drug-likeness (QED) is 0.834. The predicted molar refractivity (Wildman–Crippen MR) is 73.3 cm³/mol. The van der Waals surface area contributed by atoms with Crippen LogP contribution in [0.4, 0.5) is 0 Å². The van der Waals surface area contributed by atoms with E-state index in [2.05, 4.69) is 19.1 Å². The van der Waals surface area contributed by atoms with Gasteiger partial charge in [-0.3, -0.25) is 0 Å². The van der Waals surface area contributed by atoms with E-state index < -0.39 is 0 Å². The molecule has 0 amide bonds. The van der Waals surface area contributed by atoms with Gasteiger partial charge in [0.1, 0.15) is 0 Å². The number of aryl methyl sites for hydroxylation is 1. The molecule has 17 heavy (non-hydrogen) atoms. The molecule has 2 N–H and O–H groups in total. The molecule has 1 saturated carbocycles. The van der Waals surface area contributed by atoms with Gasteiger partial charge in [0.25, 0.3) is 0 Å². The zero-order valence-corrected chi connectivity index (χ0v) is 11.5. The number of nitrogens with two attached hydrogens (primary N) is 1. The first-order valence-corrected chi connectivity index (χ1v) is 7.56. The Bertz CT molecular complexity index is 337. The molecular formula is C14H23NOS. The first kappa shape index (κ1) is 13.1. The van der Waals surface area contributed by atoms with E-state index in [9.17, 15) is 0 Å². The molecule has 0 spiro atoms. The molecule has 0 radical (unpaired) electrons. The van der Waals surface area contributed by atoms with E-state index >= 15 is 0 Å². The predicted octanol–water partition coefficient (Wildman–Crippen LogP) is 3.49. The lowest BCUT2D eigenvalue weighted by Crippen LogP contribution is -2.35. The molecule has 0 saturated heterocycles. The van der Waals surface area contributed by atoms with Crippen molar-refractivity contribution >= 4 is 11.3 Å². The zero-order valence-electron chi connectivity index (χ0n) is 10.7. The summed E-state index contributed by atoms with van der Waals surface area (Å²) in [6.45, 7) is 2.93. The van der Waals surface area contributed by atoms with Crippen molar-refractivity contribution in [2.45, 2.75) is 64.2 Å². The molecule has 3 heteroatoms. The molecule has 2 unspecified atom stereocenters. The van der Waals surface area contributed by atoms with Crippen molar-refractivity contribution in [2.24, 2.45) is 5.73 Å². The molecule has 2 nitrogen and oxygen atoms in total. The van der Waals surface area contributed by atoms with E-state index in [-0.39, 0.29) is 12.1 Å². The molecular weight excluding hydrogens is 230 g/mol. The molecule has 0 aromatic carbocycles. The highest BCUT2D eigenvalue weighted by Gasteiger charge is 2.20. The third-order valence-corrected chi connectivity index (χ3v) is 4.71. The van der Waals surface area contributed by atoms with Gasteiger partial charge in [0.15, 0.2) is 0 Å². The van der Waals surface area contributed by atoms with Crippen molar-refractivity contribution in [1.29, 1.82) is 0 Å². The maximum absolute atomic E-state index is 6.15. The van der Waals surface area contributed by atoms with Crippen molar-refractivity contribution in [1.82, 2.24) is 0 Å². The van der Waals surface area contributed by atoms with Crippen LogP contribution in [0, 0.1) is 0 Å². The Hall–Kier alpha value is -0.380. The molecule has 0 bridgehead atoms. The summed E-state index contributed by atoms with van der Waals surface area (Å²) < 4.78 is 6.00. The largest absolute Gasteiger partial charge is 0.371 e. The molecule has 1 aromatic rings. The first-order valence-electron chi connectivity index (χ1n) is 6.74. The average molecular weight is 253 g/mol. The minimum Gasteiger partial charge on any atom is -0.371 e. The van der Waals surface area contributed by atoms with E-state index in [1.807, 2.05) is 11.3 Å². The van der Waals surface area contributed by atoms with Crippen LogP contribution in [-0.4, -0.2) is 12.1 Å². The Balaban J connectivity index is 1.83. The van der Waals surface area contributed by atoms with Crippen LogP contribution in [0.3, 0.4) is 0 Å². The third kappa shape index (κ3) is 3.80. The van der Waals surface area contributed by atoms with Gasteiger partial charge in [-0.25, -0.2) is 0 Å². The Morgan fingerprint density at radius 3 is 2.76 bits per heavy atom. The number of rotatable bonds is 4. The zero-order chi connectivity index (χ0) is 12.1. The number of hydrogen-bond acceptors (Lipinski definition) is 3. The topological polar surface area (TPSA) is 35.2 Å². The van der Waals surface area contributed by atoms with Crippen LogP contribution in [0.25, 0.3) is 0 Å². The lowest BCUT2D eigenvalue weighted by atomic mass is 10.1. The molecule has 1 fully saturated rings. The van der Waals surface area contributed by atoms with Gasteiger partial charge in [-0.1, -0.05) is 26.2 Å². The molecule has 2 atom stereocenters. The molecule has 1 heterocycles. The van der Waals surface area contributed by atoms with Crippen LogP contribution in [0.5, 0.6) is 0 Å². The molecule has 96 valence electrons. The Morgan fingerprint density at radius 1 is 1.24 bits per heavy atom. The maximum Gasteiger partial charge on any atom is 0.0814 e. The normalized spacial score (nSPS) is 25.8. The number of ether oxygens (including phenoxy) is 1. The van der Waals surface area contributed by atoms with Gasteiger partial charge < -0.3 is 10.5 Å². The smallest absolute Gasteiger partial charge is 0.0814 e. The third-order valence-electron chi connectivity index (χ3n) is 3.51.